The van der Waals surface area contributed by atoms with Gasteiger partial charge in [0.15, 0.2) is 0 Å². The maximum atomic E-state index is 13.5. The number of morpholine rings is 1. The molecule has 0 N–H and O–H groups in total. The van der Waals surface area contributed by atoms with Crippen LogP contribution >= 0.6 is 12.6 Å². The molecule has 3 nitrogen and oxygen atoms in total. The highest BCUT2D eigenvalue weighted by Gasteiger charge is 2.21. The van der Waals surface area contributed by atoms with Crippen LogP contribution in [0.15, 0.2) is 23.1 Å². The van der Waals surface area contributed by atoms with Gasteiger partial charge in [-0.1, -0.05) is 0 Å². The Labute approximate surface area is 98.6 Å². The lowest BCUT2D eigenvalue weighted by Crippen LogP contribution is -2.41. The smallest absolute Gasteiger partial charge is 0.257 e. The summed E-state index contributed by atoms with van der Waals surface area (Å²) in [7, 11) is 0. The second kappa shape index (κ2) is 4.84. The molecule has 1 aromatic rings. The van der Waals surface area contributed by atoms with Crippen molar-refractivity contribution < 1.29 is 13.9 Å². The summed E-state index contributed by atoms with van der Waals surface area (Å²) < 4.78 is 18.6. The predicted molar refractivity (Wildman–Crippen MR) is 60.4 cm³/mol. The van der Waals surface area contributed by atoms with Gasteiger partial charge in [0.25, 0.3) is 5.91 Å². The first-order chi connectivity index (χ1) is 7.68. The molecule has 1 heterocycles. The SMILES string of the molecule is O=C(c1cc(S)ccc1F)N1CCOCC1. The molecule has 1 aliphatic rings. The van der Waals surface area contributed by atoms with Gasteiger partial charge in [-0.2, -0.15) is 0 Å². The Kier molecular flexibility index (Phi) is 3.46. The Balaban J connectivity index is 2.22. The molecule has 0 spiro atoms. The fourth-order valence-electron chi connectivity index (χ4n) is 1.61. The van der Waals surface area contributed by atoms with Crippen molar-refractivity contribution >= 4 is 18.5 Å². The molecular formula is C11H12FNO2S. The highest BCUT2D eigenvalue weighted by molar-refractivity contribution is 7.80. The summed E-state index contributed by atoms with van der Waals surface area (Å²) in [6.45, 7) is 2.03. The third kappa shape index (κ3) is 2.36. The predicted octanol–water partition coefficient (Wildman–Crippen LogP) is 1.59. The van der Waals surface area contributed by atoms with E-state index >= 15 is 0 Å². The molecular weight excluding hydrogens is 229 g/mol. The number of carbonyl (C=O) groups excluding carboxylic acids is 1. The zero-order chi connectivity index (χ0) is 11.5. The van der Waals surface area contributed by atoms with E-state index in [1.165, 1.54) is 18.2 Å². The molecule has 1 aliphatic heterocycles. The minimum atomic E-state index is -0.505. The molecule has 0 bridgehead atoms. The summed E-state index contributed by atoms with van der Waals surface area (Å²) in [5.41, 5.74) is 0.0781. The first kappa shape index (κ1) is 11.4. The van der Waals surface area contributed by atoms with E-state index in [4.69, 9.17) is 4.74 Å². The molecule has 0 atom stereocenters. The third-order valence-corrected chi connectivity index (χ3v) is 2.76. The normalized spacial score (nSPS) is 16.2. The van der Waals surface area contributed by atoms with Crippen LogP contribution < -0.4 is 0 Å². The van der Waals surface area contributed by atoms with Crippen LogP contribution in [0.5, 0.6) is 0 Å². The second-order valence-corrected chi connectivity index (χ2v) is 4.09. The van der Waals surface area contributed by atoms with E-state index in [1.807, 2.05) is 0 Å². The Morgan fingerprint density at radius 2 is 2.06 bits per heavy atom. The number of halogens is 1. The maximum absolute atomic E-state index is 13.5. The number of hydrogen-bond acceptors (Lipinski definition) is 3. The van der Waals surface area contributed by atoms with Gasteiger partial charge in [0.05, 0.1) is 18.8 Å². The maximum Gasteiger partial charge on any atom is 0.257 e. The molecule has 1 fully saturated rings. The van der Waals surface area contributed by atoms with Gasteiger partial charge >= 0.3 is 0 Å². The summed E-state index contributed by atoms with van der Waals surface area (Å²) in [6.07, 6.45) is 0. The van der Waals surface area contributed by atoms with Crippen LogP contribution in [0.1, 0.15) is 10.4 Å². The van der Waals surface area contributed by atoms with E-state index in [1.54, 1.807) is 4.90 Å². The van der Waals surface area contributed by atoms with Gasteiger partial charge in [0, 0.05) is 18.0 Å². The van der Waals surface area contributed by atoms with Gasteiger partial charge < -0.3 is 9.64 Å². The van der Waals surface area contributed by atoms with Crippen molar-refractivity contribution in [2.45, 2.75) is 4.90 Å². The molecule has 0 saturated carbocycles. The Morgan fingerprint density at radius 1 is 1.38 bits per heavy atom. The Hall–Kier alpha value is -1.07. The molecule has 1 aromatic carbocycles. The lowest BCUT2D eigenvalue weighted by molar-refractivity contribution is 0.0299. The largest absolute Gasteiger partial charge is 0.378 e. The van der Waals surface area contributed by atoms with Crippen molar-refractivity contribution in [3.05, 3.63) is 29.6 Å². The average molecular weight is 241 g/mol. The zero-order valence-electron chi connectivity index (χ0n) is 8.65. The zero-order valence-corrected chi connectivity index (χ0v) is 9.54. The molecule has 5 heteroatoms. The monoisotopic (exact) mass is 241 g/mol. The van der Waals surface area contributed by atoms with Crippen LogP contribution in [0.4, 0.5) is 4.39 Å². The van der Waals surface area contributed by atoms with E-state index in [0.717, 1.165) is 0 Å². The molecule has 86 valence electrons. The average Bonchev–Trinajstić information content (AvgIpc) is 2.32. The molecule has 0 aromatic heterocycles. The van der Waals surface area contributed by atoms with Gasteiger partial charge in [-0.05, 0) is 18.2 Å². The van der Waals surface area contributed by atoms with Crippen LogP contribution in [-0.4, -0.2) is 37.1 Å². The Morgan fingerprint density at radius 3 is 2.75 bits per heavy atom. The minimum Gasteiger partial charge on any atom is -0.378 e. The van der Waals surface area contributed by atoms with Gasteiger partial charge in [-0.3, -0.25) is 4.79 Å². The fourth-order valence-corrected chi connectivity index (χ4v) is 1.82. The van der Waals surface area contributed by atoms with Gasteiger partial charge in [-0.15, -0.1) is 12.6 Å². The highest BCUT2D eigenvalue weighted by Crippen LogP contribution is 2.16. The molecule has 1 amide bonds. The quantitative estimate of drug-likeness (QED) is 0.757. The van der Waals surface area contributed by atoms with E-state index in [0.29, 0.717) is 31.2 Å². The van der Waals surface area contributed by atoms with Crippen molar-refractivity contribution in [1.82, 2.24) is 4.90 Å². The summed E-state index contributed by atoms with van der Waals surface area (Å²) in [4.78, 5) is 14.1. The first-order valence-corrected chi connectivity index (χ1v) is 5.49. The third-order valence-electron chi connectivity index (χ3n) is 2.48. The van der Waals surface area contributed by atoms with Crippen LogP contribution in [0.2, 0.25) is 0 Å². The summed E-state index contributed by atoms with van der Waals surface area (Å²) in [5, 5.41) is 0. The fraction of sp³-hybridized carbons (Fsp3) is 0.364. The van der Waals surface area contributed by atoms with Crippen molar-refractivity contribution in [1.29, 1.82) is 0 Å². The standard InChI is InChI=1S/C11H12FNO2S/c12-10-2-1-8(16)7-9(10)11(14)13-3-5-15-6-4-13/h1-2,7,16H,3-6H2. The number of rotatable bonds is 1. The molecule has 0 radical (unpaired) electrons. The molecule has 2 rings (SSSR count). The topological polar surface area (TPSA) is 29.5 Å². The summed E-state index contributed by atoms with van der Waals surface area (Å²) in [6, 6.07) is 4.24. The van der Waals surface area contributed by atoms with Crippen LogP contribution in [0.25, 0.3) is 0 Å². The van der Waals surface area contributed by atoms with Crippen LogP contribution in [-0.2, 0) is 4.74 Å². The lowest BCUT2D eigenvalue weighted by atomic mass is 10.2. The van der Waals surface area contributed by atoms with Gasteiger partial charge in [0.2, 0.25) is 0 Å². The van der Waals surface area contributed by atoms with Crippen molar-refractivity contribution in [2.75, 3.05) is 26.3 Å². The highest BCUT2D eigenvalue weighted by atomic mass is 32.1. The van der Waals surface area contributed by atoms with E-state index in [2.05, 4.69) is 12.6 Å². The van der Waals surface area contributed by atoms with Crippen LogP contribution in [0, 0.1) is 5.82 Å². The van der Waals surface area contributed by atoms with Crippen molar-refractivity contribution in [3.8, 4) is 0 Å². The molecule has 16 heavy (non-hydrogen) atoms. The molecule has 0 aliphatic carbocycles. The number of benzene rings is 1. The first-order valence-electron chi connectivity index (χ1n) is 5.04. The van der Waals surface area contributed by atoms with Crippen molar-refractivity contribution in [2.24, 2.45) is 0 Å². The molecule has 0 unspecified atom stereocenters. The number of nitrogens with zero attached hydrogens (tertiary/aromatic N) is 1. The number of ether oxygens (including phenoxy) is 1. The lowest BCUT2D eigenvalue weighted by Gasteiger charge is -2.27. The van der Waals surface area contributed by atoms with Crippen LogP contribution in [0.3, 0.4) is 0 Å². The number of thiol groups is 1. The van der Waals surface area contributed by atoms with E-state index in [9.17, 15) is 9.18 Å². The number of hydrogen-bond donors (Lipinski definition) is 1. The molecule has 1 saturated heterocycles. The number of carbonyl (C=O) groups is 1. The minimum absolute atomic E-state index is 0.0781. The summed E-state index contributed by atoms with van der Waals surface area (Å²) >= 11 is 4.10. The van der Waals surface area contributed by atoms with Gasteiger partial charge in [-0.25, -0.2) is 4.39 Å². The second-order valence-electron chi connectivity index (χ2n) is 3.57. The van der Waals surface area contributed by atoms with Crippen molar-refractivity contribution in [3.63, 3.8) is 0 Å². The van der Waals surface area contributed by atoms with E-state index in [-0.39, 0.29) is 11.5 Å². The summed E-state index contributed by atoms with van der Waals surface area (Å²) in [5.74, 6) is -0.800. The Bertz CT molecular complexity index is 405. The van der Waals surface area contributed by atoms with Gasteiger partial charge in [0.1, 0.15) is 5.82 Å². The number of amides is 1. The van der Waals surface area contributed by atoms with E-state index < -0.39 is 5.82 Å².